The molecule has 0 radical (unpaired) electrons. The Morgan fingerprint density at radius 3 is 1.12 bits per heavy atom. The molecule has 3 N–H and O–H groups in total. The molecule has 0 saturated heterocycles. The summed E-state index contributed by atoms with van der Waals surface area (Å²) in [4.78, 5) is 23.1. The number of H-pyrrole nitrogens is 3. The number of nitro benzene ring substituents is 1. The number of fused-ring (bicyclic) bond motifs is 12. The van der Waals surface area contributed by atoms with E-state index in [-0.39, 0.29) is 69.1 Å². The number of thiazole rings is 3. The summed E-state index contributed by atoms with van der Waals surface area (Å²) in [5, 5.41) is 52.8. The first-order valence-electron chi connectivity index (χ1n) is 27.3. The van der Waals surface area contributed by atoms with E-state index in [1.165, 1.54) is 39.6 Å². The standard InChI is InChI=1S/C24H22N2OS.C23H19NO2S.C22H16N2O3S.3Be/c1-24(2)18-11-14(26(3)4)9-10-15(18)16-13-21(27)17(12-19(16)24)23-25-20-7-5-6-8-22(20)28-23;1-23(2)17-10-13(26-3)8-9-14(17)15-12-20(25)16(11-18(15)23)22-24-19-6-4-5-7-21(19)27-22;1-22(2)16-9-12(24(26)27)7-8-13(16)14-11-19(25)15(10-17(14)22)21-23-18-5-3-4-6-20(18)28-21;;;/h5-13,27H,1-4H3;4-12,25H,1-3H3;3-11,25H,1-2H3;;;/q;;;3*+2. The maximum atomic E-state index is 13.0. The maximum absolute atomic E-state index is 13.0. The van der Waals surface area contributed by atoms with Crippen molar-refractivity contribution in [2.75, 3.05) is 26.1 Å². The second-order valence-electron chi connectivity index (χ2n) is 23.2. The number of non-ortho nitro benzene ring substituents is 1. The zero-order chi connectivity index (χ0) is 58.0. The number of rotatable bonds is 6. The van der Waals surface area contributed by atoms with Gasteiger partial charge in [-0.15, -0.1) is 0 Å². The largest absolute Gasteiger partial charge is 2.00 e. The van der Waals surface area contributed by atoms with Gasteiger partial charge < -0.3 is 25.0 Å². The minimum Gasteiger partial charge on any atom is -0.872 e. The van der Waals surface area contributed by atoms with Crippen molar-refractivity contribution in [3.8, 4) is 88.1 Å². The van der Waals surface area contributed by atoms with E-state index in [4.69, 9.17) is 4.74 Å². The van der Waals surface area contributed by atoms with Crippen LogP contribution in [-0.2, 0) is 16.2 Å². The molecule has 0 spiro atoms. The minimum absolute atomic E-state index is 0. The van der Waals surface area contributed by atoms with Crippen LogP contribution in [-0.4, -0.2) is 56.5 Å². The van der Waals surface area contributed by atoms with Gasteiger partial charge in [-0.2, -0.15) is 15.0 Å². The predicted octanol–water partition coefficient (Wildman–Crippen LogP) is 13.1. The number of nitrogens with one attached hydrogen (secondary N) is 3. The fourth-order valence-corrected chi connectivity index (χ4v) is 15.5. The summed E-state index contributed by atoms with van der Waals surface area (Å²) in [6, 6.07) is 53.2. The average molecular weight is 1180 g/mol. The normalized spacial score (nSPS) is 13.6. The first-order valence-corrected chi connectivity index (χ1v) is 29.8. The third kappa shape index (κ3) is 9.94. The van der Waals surface area contributed by atoms with Crippen LogP contribution in [0.3, 0.4) is 0 Å². The molecule has 0 unspecified atom stereocenters. The minimum atomic E-state index is -0.421. The van der Waals surface area contributed by atoms with Gasteiger partial charge in [-0.05, 0) is 133 Å². The van der Waals surface area contributed by atoms with Gasteiger partial charge in [-0.25, -0.2) is 0 Å². The number of benzene rings is 9. The van der Waals surface area contributed by atoms with Crippen LogP contribution >= 0.6 is 34.0 Å². The average Bonchev–Trinajstić information content (AvgIpc) is 1.79. The van der Waals surface area contributed by atoms with Gasteiger partial charge in [0, 0.05) is 66.4 Å². The SMILES string of the molecule is CC1(C)c2cc([N+](=O)[O-])ccc2-c2cc([O-])c(-c3[nH+]c4ccccc4s3)cc21.CN(C)c1ccc2c(c1)C(C)(C)c1cc(-c3[nH+]c4ccccc4s3)c([O-])cc1-2.COc1ccc2c(c1)C(C)(C)c1cc(-c3[nH+]c4ccccc4s3)c([O-])cc1-2.[Be+2].[Be+2].[Be+2]. The molecule has 0 amide bonds. The van der Waals surface area contributed by atoms with Gasteiger partial charge in [-0.1, -0.05) is 160 Å². The molecule has 86 heavy (non-hydrogen) atoms. The van der Waals surface area contributed by atoms with Gasteiger partial charge in [-0.3, -0.25) is 10.1 Å². The molecule has 0 bridgehead atoms. The van der Waals surface area contributed by atoms with Crippen LogP contribution < -0.4 is 39.9 Å². The van der Waals surface area contributed by atoms with Crippen molar-refractivity contribution in [3.63, 3.8) is 0 Å². The summed E-state index contributed by atoms with van der Waals surface area (Å²) in [5.41, 5.74) is 18.7. The Bertz CT molecular complexity index is 4580. The van der Waals surface area contributed by atoms with Crippen molar-refractivity contribution in [1.29, 1.82) is 0 Å². The molecule has 17 heteroatoms. The molecule has 15 rings (SSSR count). The van der Waals surface area contributed by atoms with Crippen LogP contribution in [0.15, 0.2) is 164 Å². The molecule has 3 heterocycles. The maximum Gasteiger partial charge on any atom is 2.00 e. The molecule has 3 aromatic heterocycles. The Labute approximate surface area is 522 Å². The van der Waals surface area contributed by atoms with Crippen molar-refractivity contribution in [1.82, 2.24) is 0 Å². The third-order valence-electron chi connectivity index (χ3n) is 17.0. The van der Waals surface area contributed by atoms with Gasteiger partial charge in [0.2, 0.25) is 16.6 Å². The first kappa shape index (κ1) is 60.7. The second-order valence-corrected chi connectivity index (χ2v) is 26.4. The number of para-hydroxylation sites is 3. The Morgan fingerprint density at radius 1 is 0.419 bits per heavy atom. The number of hydrogen-bond acceptors (Lipinski definition) is 10. The number of anilines is 1. The van der Waals surface area contributed by atoms with E-state index in [9.17, 15) is 25.4 Å². The molecule has 0 aliphatic heterocycles. The van der Waals surface area contributed by atoms with Gasteiger partial charge >= 0.3 is 30.4 Å². The van der Waals surface area contributed by atoms with Crippen LogP contribution in [0.1, 0.15) is 74.9 Å². The molecular weight excluding hydrogens is 1120 g/mol. The summed E-state index contributed by atoms with van der Waals surface area (Å²) < 4.78 is 8.83. The second kappa shape index (κ2) is 22.4. The topological polar surface area (TPSA) is 167 Å². The molecule has 12 aromatic rings. The smallest absolute Gasteiger partial charge is 0.872 e. The van der Waals surface area contributed by atoms with E-state index in [0.717, 1.165) is 101 Å². The number of aromatic amines is 3. The van der Waals surface area contributed by atoms with Crippen molar-refractivity contribution < 1.29 is 39.9 Å². The number of aromatic nitrogens is 3. The van der Waals surface area contributed by atoms with Crippen LogP contribution in [0.5, 0.6) is 23.0 Å². The van der Waals surface area contributed by atoms with Crippen LogP contribution in [0.2, 0.25) is 0 Å². The van der Waals surface area contributed by atoms with Crippen molar-refractivity contribution in [2.45, 2.75) is 57.8 Å². The van der Waals surface area contributed by atoms with Crippen LogP contribution in [0.25, 0.3) is 95.7 Å². The predicted molar refractivity (Wildman–Crippen MR) is 347 cm³/mol. The van der Waals surface area contributed by atoms with Crippen LogP contribution in [0.4, 0.5) is 11.4 Å². The Kier molecular flexibility index (Phi) is 15.8. The number of ether oxygens (including phenoxy) is 1. The van der Waals surface area contributed by atoms with Gasteiger partial charge in [0.25, 0.3) is 20.7 Å². The summed E-state index contributed by atoms with van der Waals surface area (Å²) in [7, 11) is 5.80. The Balaban J connectivity index is 0.000000141. The monoisotopic (exact) mass is 1170 g/mol. The zero-order valence-corrected chi connectivity index (χ0v) is 51.7. The zero-order valence-electron chi connectivity index (χ0n) is 49.3. The summed E-state index contributed by atoms with van der Waals surface area (Å²) in [6.07, 6.45) is 0. The number of hydrogen-bond donors (Lipinski definition) is 0. The molecule has 3 aliphatic carbocycles. The summed E-state index contributed by atoms with van der Waals surface area (Å²) >= 11 is 4.82. The van der Waals surface area contributed by atoms with Gasteiger partial charge in [0.15, 0.2) is 0 Å². The first-order chi connectivity index (χ1) is 39.7. The van der Waals surface area contributed by atoms with Crippen LogP contribution in [0, 0.1) is 10.1 Å². The van der Waals surface area contributed by atoms with Gasteiger partial charge in [0.1, 0.15) is 19.8 Å². The van der Waals surface area contributed by atoms with Gasteiger partial charge in [0.05, 0.1) is 28.7 Å². The van der Waals surface area contributed by atoms with E-state index in [1.54, 1.807) is 65.4 Å². The van der Waals surface area contributed by atoms with E-state index in [0.29, 0.717) is 5.56 Å². The molecule has 0 saturated carbocycles. The van der Waals surface area contributed by atoms with E-state index in [2.05, 4.69) is 122 Å². The molecular formula is C69H57Be3N5O6S3+6. The molecule has 412 valence electrons. The number of nitrogens with zero attached hydrogens (tertiary/aromatic N) is 2. The van der Waals surface area contributed by atoms with Crippen molar-refractivity contribution >= 4 is 106 Å². The number of methoxy groups -OCH3 is 1. The molecule has 9 aromatic carbocycles. The summed E-state index contributed by atoms with van der Waals surface area (Å²) in [6.45, 7) is 13.0. The Morgan fingerprint density at radius 2 is 0.756 bits per heavy atom. The fraction of sp³-hybridized carbons (Fsp3) is 0.174. The van der Waals surface area contributed by atoms with E-state index >= 15 is 0 Å². The Hall–Kier alpha value is -8.44. The quantitative estimate of drug-likeness (QED) is 0.0907. The van der Waals surface area contributed by atoms with Crippen molar-refractivity contribution in [3.05, 3.63) is 207 Å². The van der Waals surface area contributed by atoms with E-state index < -0.39 is 5.41 Å². The summed E-state index contributed by atoms with van der Waals surface area (Å²) in [5.74, 6) is 0.913. The molecule has 0 atom stereocenters. The van der Waals surface area contributed by atoms with E-state index in [1.807, 2.05) is 86.6 Å². The molecule has 3 aliphatic rings. The van der Waals surface area contributed by atoms with Crippen molar-refractivity contribution in [2.24, 2.45) is 0 Å². The third-order valence-corrected chi connectivity index (χ3v) is 20.3. The number of nitro groups is 1. The molecule has 0 fully saturated rings. The molecule has 11 nitrogen and oxygen atoms in total. The fourth-order valence-electron chi connectivity index (χ4n) is 12.4.